The molecule has 0 aliphatic rings. The van der Waals surface area contributed by atoms with Crippen molar-refractivity contribution < 1.29 is 9.53 Å². The van der Waals surface area contributed by atoms with Crippen LogP contribution in [0.2, 0.25) is 0 Å². The largest absolute Gasteiger partial charge is 0.465 e. The highest BCUT2D eigenvalue weighted by molar-refractivity contribution is 5.69. The van der Waals surface area contributed by atoms with Crippen molar-refractivity contribution in [1.29, 1.82) is 0 Å². The molecule has 0 spiro atoms. The monoisotopic (exact) mass is 210 g/mol. The third kappa shape index (κ3) is 10.9. The molecule has 0 amide bonds. The highest BCUT2D eigenvalue weighted by Crippen LogP contribution is 2.00. The van der Waals surface area contributed by atoms with Gasteiger partial charge < -0.3 is 4.74 Å². The Hall–Kier alpha value is -1.05. The summed E-state index contributed by atoms with van der Waals surface area (Å²) >= 11 is 0. The van der Waals surface area contributed by atoms with Crippen molar-refractivity contribution in [3.05, 3.63) is 24.3 Å². The lowest BCUT2D eigenvalue weighted by Crippen LogP contribution is -2.04. The first-order valence-corrected chi connectivity index (χ1v) is 5.74. The first kappa shape index (κ1) is 13.9. The molecule has 0 fully saturated rings. The van der Waals surface area contributed by atoms with Crippen LogP contribution in [0.5, 0.6) is 0 Å². The minimum Gasteiger partial charge on any atom is -0.465 e. The van der Waals surface area contributed by atoms with Gasteiger partial charge in [-0.3, -0.25) is 4.79 Å². The highest BCUT2D eigenvalue weighted by Gasteiger charge is 2.00. The Labute approximate surface area is 93.0 Å². The predicted molar refractivity (Wildman–Crippen MR) is 63.7 cm³/mol. The molecule has 0 saturated heterocycles. The number of allylic oxidation sites excluding steroid dienone is 3. The number of unbranched alkanes of at least 4 members (excludes halogenated alkanes) is 2. The van der Waals surface area contributed by atoms with Crippen LogP contribution in [0, 0.1) is 0 Å². The number of carbonyl (C=O) groups is 1. The van der Waals surface area contributed by atoms with E-state index < -0.39 is 0 Å². The van der Waals surface area contributed by atoms with Gasteiger partial charge in [-0.25, -0.2) is 0 Å². The molecule has 2 heteroatoms. The summed E-state index contributed by atoms with van der Waals surface area (Å²) < 4.78 is 5.05. The summed E-state index contributed by atoms with van der Waals surface area (Å²) in [6, 6.07) is 0. The summed E-state index contributed by atoms with van der Waals surface area (Å²) in [7, 11) is 0. The first-order chi connectivity index (χ1) is 7.31. The lowest BCUT2D eigenvalue weighted by atomic mass is 10.2. The topological polar surface area (TPSA) is 26.3 Å². The van der Waals surface area contributed by atoms with E-state index in [-0.39, 0.29) is 5.97 Å². The van der Waals surface area contributed by atoms with Crippen LogP contribution < -0.4 is 0 Å². The van der Waals surface area contributed by atoms with E-state index >= 15 is 0 Å². The van der Waals surface area contributed by atoms with Crippen molar-refractivity contribution in [2.45, 2.75) is 46.0 Å². The van der Waals surface area contributed by atoms with Crippen LogP contribution in [0.25, 0.3) is 0 Å². The summed E-state index contributed by atoms with van der Waals surface area (Å²) in [6.45, 7) is 4.59. The van der Waals surface area contributed by atoms with Gasteiger partial charge in [0.15, 0.2) is 0 Å². The molecule has 0 aliphatic carbocycles. The van der Waals surface area contributed by atoms with Crippen molar-refractivity contribution in [3.8, 4) is 0 Å². The van der Waals surface area contributed by atoms with Crippen LogP contribution in [0.15, 0.2) is 24.3 Å². The molecule has 15 heavy (non-hydrogen) atoms. The van der Waals surface area contributed by atoms with Gasteiger partial charge in [0, 0.05) is 6.42 Å². The predicted octanol–water partition coefficient (Wildman–Crippen LogP) is 3.63. The second-order valence-electron chi connectivity index (χ2n) is 3.42. The van der Waals surface area contributed by atoms with Gasteiger partial charge in [-0.05, 0) is 19.8 Å². The Morgan fingerprint density at radius 3 is 2.73 bits per heavy atom. The Bertz CT molecular complexity index is 205. The van der Waals surface area contributed by atoms with Gasteiger partial charge in [0.2, 0.25) is 0 Å². The number of esters is 1. The third-order valence-electron chi connectivity index (χ3n) is 1.97. The SMILES string of the molecule is C/C=C/C=C/CCOC(=O)CCCCC. The third-order valence-corrected chi connectivity index (χ3v) is 1.97. The zero-order chi connectivity index (χ0) is 11.4. The number of carbonyl (C=O) groups excluding carboxylic acids is 1. The van der Waals surface area contributed by atoms with Gasteiger partial charge in [0.25, 0.3) is 0 Å². The molecule has 86 valence electrons. The van der Waals surface area contributed by atoms with E-state index in [9.17, 15) is 4.79 Å². The maximum Gasteiger partial charge on any atom is 0.305 e. The fraction of sp³-hybridized carbons (Fsp3) is 0.615. The van der Waals surface area contributed by atoms with Gasteiger partial charge in [0.1, 0.15) is 0 Å². The van der Waals surface area contributed by atoms with Gasteiger partial charge in [-0.2, -0.15) is 0 Å². The second kappa shape index (κ2) is 11.0. The van der Waals surface area contributed by atoms with E-state index in [1.807, 2.05) is 31.2 Å². The van der Waals surface area contributed by atoms with Crippen LogP contribution in [0.4, 0.5) is 0 Å². The minimum absolute atomic E-state index is 0.0668. The van der Waals surface area contributed by atoms with Crippen LogP contribution in [0.3, 0.4) is 0 Å². The molecule has 0 rings (SSSR count). The molecule has 0 aromatic carbocycles. The van der Waals surface area contributed by atoms with E-state index in [4.69, 9.17) is 4.74 Å². The average molecular weight is 210 g/mol. The summed E-state index contributed by atoms with van der Waals surface area (Å²) in [5.74, 6) is -0.0668. The van der Waals surface area contributed by atoms with E-state index in [1.54, 1.807) is 0 Å². The summed E-state index contributed by atoms with van der Waals surface area (Å²) in [5.41, 5.74) is 0. The maximum atomic E-state index is 11.1. The first-order valence-electron chi connectivity index (χ1n) is 5.74. The molecule has 0 unspecified atom stereocenters. The van der Waals surface area contributed by atoms with Crippen LogP contribution >= 0.6 is 0 Å². The molecule has 0 aromatic heterocycles. The zero-order valence-corrected chi connectivity index (χ0v) is 9.87. The second-order valence-corrected chi connectivity index (χ2v) is 3.42. The number of hydrogen-bond donors (Lipinski definition) is 0. The van der Waals surface area contributed by atoms with Crippen molar-refractivity contribution in [2.24, 2.45) is 0 Å². The Morgan fingerprint density at radius 1 is 1.27 bits per heavy atom. The fourth-order valence-electron chi connectivity index (χ4n) is 1.12. The Kier molecular flexibility index (Phi) is 10.3. The summed E-state index contributed by atoms with van der Waals surface area (Å²) in [5, 5.41) is 0. The molecule has 0 radical (unpaired) electrons. The maximum absolute atomic E-state index is 11.1. The highest BCUT2D eigenvalue weighted by atomic mass is 16.5. The molecule has 0 aliphatic heterocycles. The van der Waals surface area contributed by atoms with Crippen LogP contribution in [-0.4, -0.2) is 12.6 Å². The normalized spacial score (nSPS) is 11.3. The smallest absolute Gasteiger partial charge is 0.305 e. The lowest BCUT2D eigenvalue weighted by Gasteiger charge is -2.01. The number of ether oxygens (including phenoxy) is 1. The Balaban J connectivity index is 3.31. The Morgan fingerprint density at radius 2 is 2.07 bits per heavy atom. The van der Waals surface area contributed by atoms with Crippen LogP contribution in [-0.2, 0) is 9.53 Å². The summed E-state index contributed by atoms with van der Waals surface area (Å²) in [4.78, 5) is 11.1. The van der Waals surface area contributed by atoms with E-state index in [0.29, 0.717) is 13.0 Å². The molecular formula is C13H22O2. The van der Waals surface area contributed by atoms with E-state index in [0.717, 1.165) is 25.7 Å². The zero-order valence-electron chi connectivity index (χ0n) is 9.87. The van der Waals surface area contributed by atoms with Gasteiger partial charge >= 0.3 is 5.97 Å². The van der Waals surface area contributed by atoms with Gasteiger partial charge in [0.05, 0.1) is 6.61 Å². The van der Waals surface area contributed by atoms with E-state index in [1.165, 1.54) is 0 Å². The molecule has 0 bridgehead atoms. The van der Waals surface area contributed by atoms with E-state index in [2.05, 4.69) is 6.92 Å². The molecule has 2 nitrogen and oxygen atoms in total. The molecule has 0 atom stereocenters. The van der Waals surface area contributed by atoms with Crippen molar-refractivity contribution in [3.63, 3.8) is 0 Å². The fourth-order valence-corrected chi connectivity index (χ4v) is 1.12. The molecule has 0 aromatic rings. The average Bonchev–Trinajstić information content (AvgIpc) is 2.23. The molecule has 0 heterocycles. The minimum atomic E-state index is -0.0668. The molecule has 0 N–H and O–H groups in total. The molecule has 0 saturated carbocycles. The molecular weight excluding hydrogens is 188 g/mol. The number of rotatable bonds is 8. The van der Waals surface area contributed by atoms with Crippen LogP contribution in [0.1, 0.15) is 46.0 Å². The van der Waals surface area contributed by atoms with Crippen molar-refractivity contribution >= 4 is 5.97 Å². The van der Waals surface area contributed by atoms with Gasteiger partial charge in [-0.15, -0.1) is 0 Å². The quantitative estimate of drug-likeness (QED) is 0.347. The van der Waals surface area contributed by atoms with Gasteiger partial charge in [-0.1, -0.05) is 44.1 Å². The standard InChI is InChI=1S/C13H22O2/c1-3-5-7-8-10-12-15-13(14)11-9-6-4-2/h3,5,7-8H,4,6,9-12H2,1-2H3/b5-3+,8-7+. The van der Waals surface area contributed by atoms with Crippen molar-refractivity contribution in [1.82, 2.24) is 0 Å². The van der Waals surface area contributed by atoms with Crippen molar-refractivity contribution in [2.75, 3.05) is 6.61 Å². The number of hydrogen-bond acceptors (Lipinski definition) is 2. The lowest BCUT2D eigenvalue weighted by molar-refractivity contribution is -0.143. The summed E-state index contributed by atoms with van der Waals surface area (Å²) in [6.07, 6.45) is 12.4.